The molecule has 3 aromatic carbocycles. The van der Waals surface area contributed by atoms with Crippen molar-refractivity contribution in [2.75, 3.05) is 13.2 Å². The number of nitrogens with two attached hydrogens (primary N) is 1. The lowest BCUT2D eigenvalue weighted by Gasteiger charge is -2.36. The molecule has 1 fully saturated rings. The second-order valence-electron chi connectivity index (χ2n) is 8.86. The fraction of sp³-hybridized carbons (Fsp3) is 0.250. The van der Waals surface area contributed by atoms with Gasteiger partial charge in [-0.2, -0.15) is 0 Å². The Morgan fingerprint density at radius 1 is 1.00 bits per heavy atom. The maximum atomic E-state index is 13.0. The van der Waals surface area contributed by atoms with Crippen molar-refractivity contribution in [3.63, 3.8) is 0 Å². The zero-order chi connectivity index (χ0) is 24.9. The van der Waals surface area contributed by atoms with E-state index in [4.69, 9.17) is 15.2 Å². The van der Waals surface area contributed by atoms with E-state index in [1.54, 1.807) is 18.2 Å². The minimum absolute atomic E-state index is 0.101. The van der Waals surface area contributed by atoms with E-state index >= 15 is 0 Å². The number of aromatic amines is 1. The number of likely N-dealkylation sites (tertiary alicyclic amines) is 1. The first kappa shape index (κ1) is 23.4. The maximum Gasteiger partial charge on any atom is 0.409 e. The zero-order valence-electron chi connectivity index (χ0n) is 19.9. The number of amides is 2. The number of piperidine rings is 1. The molecule has 2 amide bonds. The van der Waals surface area contributed by atoms with Gasteiger partial charge in [0.2, 0.25) is 0 Å². The lowest BCUT2D eigenvalue weighted by Crippen LogP contribution is -2.44. The number of carbonyl (C=O) groups is 2. The van der Waals surface area contributed by atoms with Crippen LogP contribution in [0.15, 0.2) is 72.8 Å². The van der Waals surface area contributed by atoms with Crippen LogP contribution in [-0.4, -0.2) is 46.1 Å². The first-order chi connectivity index (χ1) is 17.6. The highest BCUT2D eigenvalue weighted by Gasteiger charge is 2.27. The number of carbonyl (C=O) groups excluding carboxylic acids is 2. The van der Waals surface area contributed by atoms with Gasteiger partial charge in [-0.1, -0.05) is 18.2 Å². The van der Waals surface area contributed by atoms with Gasteiger partial charge in [-0.25, -0.2) is 9.78 Å². The Hall–Kier alpha value is -4.33. The summed E-state index contributed by atoms with van der Waals surface area (Å²) in [6.07, 6.45) is 3.10. The molecule has 4 aromatic rings. The first-order valence-corrected chi connectivity index (χ1v) is 12.1. The fourth-order valence-electron chi connectivity index (χ4n) is 4.64. The molecule has 0 aliphatic carbocycles. The van der Waals surface area contributed by atoms with Crippen LogP contribution in [0.1, 0.15) is 36.0 Å². The van der Waals surface area contributed by atoms with E-state index in [-0.39, 0.29) is 11.9 Å². The van der Waals surface area contributed by atoms with Gasteiger partial charge in [-0.15, -0.1) is 0 Å². The van der Waals surface area contributed by atoms with Crippen LogP contribution >= 0.6 is 0 Å². The maximum absolute atomic E-state index is 13.0. The monoisotopic (exact) mass is 484 g/mol. The quantitative estimate of drug-likeness (QED) is 0.377. The van der Waals surface area contributed by atoms with Crippen molar-refractivity contribution in [2.45, 2.75) is 31.7 Å². The number of benzene rings is 3. The number of ether oxygens (including phenoxy) is 2. The number of hydrogen-bond donors (Lipinski definition) is 2. The van der Waals surface area contributed by atoms with E-state index in [0.717, 1.165) is 54.6 Å². The Labute approximate surface area is 209 Å². The highest BCUT2D eigenvalue weighted by Crippen LogP contribution is 2.26. The third kappa shape index (κ3) is 5.33. The van der Waals surface area contributed by atoms with Crippen molar-refractivity contribution in [1.29, 1.82) is 0 Å². The van der Waals surface area contributed by atoms with Crippen LogP contribution in [0.5, 0.6) is 11.5 Å². The van der Waals surface area contributed by atoms with Gasteiger partial charge in [0.05, 0.1) is 17.6 Å². The Kier molecular flexibility index (Phi) is 6.84. The van der Waals surface area contributed by atoms with Crippen LogP contribution in [0.3, 0.4) is 0 Å². The molecule has 0 saturated carbocycles. The molecule has 5 rings (SSSR count). The number of imidazole rings is 1. The summed E-state index contributed by atoms with van der Waals surface area (Å²) in [7, 11) is 0. The Bertz CT molecular complexity index is 1350. The van der Waals surface area contributed by atoms with E-state index in [0.29, 0.717) is 23.7 Å². The average Bonchev–Trinajstić information content (AvgIpc) is 3.33. The second-order valence-corrected chi connectivity index (χ2v) is 8.86. The predicted molar refractivity (Wildman–Crippen MR) is 137 cm³/mol. The Morgan fingerprint density at radius 2 is 1.78 bits per heavy atom. The van der Waals surface area contributed by atoms with Gasteiger partial charge < -0.3 is 25.1 Å². The molecule has 2 heterocycles. The largest absolute Gasteiger partial charge is 0.494 e. The number of rotatable bonds is 7. The van der Waals surface area contributed by atoms with Crippen molar-refractivity contribution < 1.29 is 19.1 Å². The third-order valence-electron chi connectivity index (χ3n) is 6.43. The molecule has 184 valence electrons. The molecule has 0 bridgehead atoms. The molecule has 8 heteroatoms. The molecule has 1 aromatic heterocycles. The normalized spacial score (nSPS) is 15.6. The van der Waals surface area contributed by atoms with Crippen molar-refractivity contribution in [3.05, 3.63) is 78.4 Å². The number of aromatic nitrogens is 2. The Balaban J connectivity index is 1.19. The summed E-state index contributed by atoms with van der Waals surface area (Å²) in [5, 5.41) is 0. The van der Waals surface area contributed by atoms with Gasteiger partial charge >= 0.3 is 6.09 Å². The van der Waals surface area contributed by atoms with Crippen LogP contribution < -0.4 is 15.2 Å². The summed E-state index contributed by atoms with van der Waals surface area (Å²) in [5.74, 6) is 1.91. The van der Waals surface area contributed by atoms with Crippen LogP contribution in [-0.2, 0) is 0 Å². The van der Waals surface area contributed by atoms with Crippen molar-refractivity contribution in [2.24, 2.45) is 5.73 Å². The molecule has 1 aliphatic rings. The lowest BCUT2D eigenvalue weighted by molar-refractivity contribution is 0.0580. The predicted octanol–water partition coefficient (Wildman–Crippen LogP) is 5.15. The van der Waals surface area contributed by atoms with Crippen molar-refractivity contribution in [1.82, 2.24) is 14.9 Å². The molecular weight excluding hydrogens is 456 g/mol. The average molecular weight is 485 g/mol. The number of nitrogens with zero attached hydrogens (tertiary/aromatic N) is 2. The standard InChI is InChI=1S/C28H28N4O4/c29-28(34)36-23-13-14-24-25(18-23)31-26(30-24)19-9-11-22(12-10-19)35-17-15-21-8-4-5-16-32(21)27(33)20-6-2-1-3-7-20/h1-3,6-7,9-14,18,21H,4-5,8,15-17H2,(H2,29,34)(H,30,31). The summed E-state index contributed by atoms with van der Waals surface area (Å²) in [4.78, 5) is 33.8. The summed E-state index contributed by atoms with van der Waals surface area (Å²) in [6.45, 7) is 1.33. The van der Waals surface area contributed by atoms with Gasteiger partial charge in [-0.3, -0.25) is 4.79 Å². The number of H-pyrrole nitrogens is 1. The molecule has 8 nitrogen and oxygen atoms in total. The van der Waals surface area contributed by atoms with Crippen LogP contribution in [0, 0.1) is 0 Å². The molecule has 0 spiro atoms. The molecule has 1 atom stereocenters. The van der Waals surface area contributed by atoms with Gasteiger partial charge in [0.25, 0.3) is 5.91 Å². The van der Waals surface area contributed by atoms with Gasteiger partial charge in [0.1, 0.15) is 17.3 Å². The summed E-state index contributed by atoms with van der Waals surface area (Å²) >= 11 is 0. The highest BCUT2D eigenvalue weighted by atomic mass is 16.5. The zero-order valence-corrected chi connectivity index (χ0v) is 19.9. The van der Waals surface area contributed by atoms with Gasteiger partial charge in [-0.05, 0) is 67.8 Å². The molecular formula is C28H28N4O4. The minimum atomic E-state index is -0.861. The lowest BCUT2D eigenvalue weighted by atomic mass is 9.98. The molecule has 1 saturated heterocycles. The Morgan fingerprint density at radius 3 is 2.56 bits per heavy atom. The highest BCUT2D eigenvalue weighted by molar-refractivity contribution is 5.94. The topological polar surface area (TPSA) is 111 Å². The first-order valence-electron chi connectivity index (χ1n) is 12.1. The summed E-state index contributed by atoms with van der Waals surface area (Å²) < 4.78 is 10.9. The molecule has 1 unspecified atom stereocenters. The van der Waals surface area contributed by atoms with Crippen molar-refractivity contribution >= 4 is 23.0 Å². The number of hydrogen-bond acceptors (Lipinski definition) is 5. The minimum Gasteiger partial charge on any atom is -0.494 e. The van der Waals surface area contributed by atoms with E-state index in [1.807, 2.05) is 59.5 Å². The van der Waals surface area contributed by atoms with E-state index in [2.05, 4.69) is 9.97 Å². The molecule has 0 radical (unpaired) electrons. The molecule has 1 aliphatic heterocycles. The number of primary amides is 1. The van der Waals surface area contributed by atoms with Crippen LogP contribution in [0.2, 0.25) is 0 Å². The smallest absolute Gasteiger partial charge is 0.409 e. The van der Waals surface area contributed by atoms with Crippen LogP contribution in [0.25, 0.3) is 22.4 Å². The van der Waals surface area contributed by atoms with E-state index in [9.17, 15) is 9.59 Å². The molecule has 3 N–H and O–H groups in total. The van der Waals surface area contributed by atoms with Crippen LogP contribution in [0.4, 0.5) is 4.79 Å². The van der Waals surface area contributed by atoms with E-state index < -0.39 is 6.09 Å². The SMILES string of the molecule is NC(=O)Oc1ccc2[nH]c(-c3ccc(OCCC4CCCCN4C(=O)c4ccccc4)cc3)nc2c1. The summed E-state index contributed by atoms with van der Waals surface area (Å²) in [6, 6.07) is 22.5. The van der Waals surface area contributed by atoms with Gasteiger partial charge in [0, 0.05) is 36.2 Å². The van der Waals surface area contributed by atoms with Gasteiger partial charge in [0.15, 0.2) is 0 Å². The fourth-order valence-corrected chi connectivity index (χ4v) is 4.64. The second kappa shape index (κ2) is 10.5. The van der Waals surface area contributed by atoms with E-state index in [1.165, 1.54) is 0 Å². The van der Waals surface area contributed by atoms with Crippen molar-refractivity contribution in [3.8, 4) is 22.9 Å². The third-order valence-corrected chi connectivity index (χ3v) is 6.43. The number of fused-ring (bicyclic) bond motifs is 1. The summed E-state index contributed by atoms with van der Waals surface area (Å²) in [5.41, 5.74) is 8.22. The molecule has 36 heavy (non-hydrogen) atoms. The number of nitrogens with one attached hydrogen (secondary N) is 1.